The van der Waals surface area contributed by atoms with Gasteiger partial charge >= 0.3 is 0 Å². The summed E-state index contributed by atoms with van der Waals surface area (Å²) >= 11 is 0. The maximum atomic E-state index is 12.2. The largest absolute Gasteiger partial charge is 0.376 e. The lowest BCUT2D eigenvalue weighted by molar-refractivity contribution is -0.116. The third-order valence-corrected chi connectivity index (χ3v) is 5.67. The van der Waals surface area contributed by atoms with Gasteiger partial charge in [0.2, 0.25) is 5.91 Å². The lowest BCUT2D eigenvalue weighted by atomic mass is 10.0. The first-order valence-electron chi connectivity index (χ1n) is 12.2. The zero-order valence-electron chi connectivity index (χ0n) is 19.5. The van der Waals surface area contributed by atoms with E-state index in [0.29, 0.717) is 6.42 Å². The number of hydrogen-bond acceptors (Lipinski definition) is 2. The normalized spacial score (nSPS) is 10.9. The number of hydrogen-bond donors (Lipinski definition) is 1. The number of anilines is 2. The van der Waals surface area contributed by atoms with Gasteiger partial charge in [0.1, 0.15) is 0 Å². The zero-order valence-corrected chi connectivity index (χ0v) is 19.5. The minimum absolute atomic E-state index is 0.133. The van der Waals surface area contributed by atoms with Gasteiger partial charge in [0, 0.05) is 20.5 Å². The average molecular weight is 403 g/mol. The van der Waals surface area contributed by atoms with Gasteiger partial charge in [0.25, 0.3) is 0 Å². The van der Waals surface area contributed by atoms with Crippen molar-refractivity contribution >= 4 is 17.3 Å². The molecule has 0 unspecified atom stereocenters. The van der Waals surface area contributed by atoms with Gasteiger partial charge in [0.05, 0.1) is 11.4 Å². The molecule has 0 aliphatic heterocycles. The quantitative estimate of drug-likeness (QED) is 0.253. The molecule has 0 fully saturated rings. The van der Waals surface area contributed by atoms with Crippen LogP contribution in [0.15, 0.2) is 24.3 Å². The Kier molecular flexibility index (Phi) is 15.3. The smallest absolute Gasteiger partial charge is 0.224 e. The maximum Gasteiger partial charge on any atom is 0.224 e. The van der Waals surface area contributed by atoms with Crippen LogP contribution in [0.2, 0.25) is 0 Å². The first-order chi connectivity index (χ1) is 14.1. The van der Waals surface area contributed by atoms with Gasteiger partial charge in [-0.1, -0.05) is 109 Å². The van der Waals surface area contributed by atoms with Crippen molar-refractivity contribution in [3.05, 3.63) is 24.3 Å². The van der Waals surface area contributed by atoms with Crippen LogP contribution < -0.4 is 10.2 Å². The van der Waals surface area contributed by atoms with Crippen LogP contribution in [0.5, 0.6) is 0 Å². The molecule has 0 aromatic heterocycles. The standard InChI is InChI=1S/C26H46N2O/c1-4-5-6-7-8-9-10-11-12-13-14-15-16-17-18-23-26(29)27-24-21-19-20-22-25(24)28(2)3/h19-22H,4-18,23H2,1-3H3,(H,27,29). The maximum absolute atomic E-state index is 12.2. The summed E-state index contributed by atoms with van der Waals surface area (Å²) in [4.78, 5) is 14.2. The molecule has 0 heterocycles. The number of nitrogens with zero attached hydrogens (tertiary/aromatic N) is 1. The van der Waals surface area contributed by atoms with Crippen molar-refractivity contribution in [3.8, 4) is 0 Å². The van der Waals surface area contributed by atoms with Crippen molar-refractivity contribution in [2.75, 3.05) is 24.3 Å². The minimum atomic E-state index is 0.133. The molecule has 0 saturated carbocycles. The number of nitrogens with one attached hydrogen (secondary N) is 1. The van der Waals surface area contributed by atoms with E-state index in [9.17, 15) is 4.79 Å². The fourth-order valence-corrected chi connectivity index (χ4v) is 3.84. The Morgan fingerprint density at radius 1 is 0.724 bits per heavy atom. The Balaban J connectivity index is 1.92. The van der Waals surface area contributed by atoms with Crippen molar-refractivity contribution in [1.29, 1.82) is 0 Å². The van der Waals surface area contributed by atoms with Gasteiger partial charge in [-0.3, -0.25) is 4.79 Å². The lowest BCUT2D eigenvalue weighted by Crippen LogP contribution is -2.16. The Morgan fingerprint density at radius 3 is 1.66 bits per heavy atom. The molecule has 29 heavy (non-hydrogen) atoms. The highest BCUT2D eigenvalue weighted by Crippen LogP contribution is 2.23. The highest BCUT2D eigenvalue weighted by atomic mass is 16.1. The van der Waals surface area contributed by atoms with Crippen LogP contribution in [-0.2, 0) is 4.79 Å². The third kappa shape index (κ3) is 13.4. The molecular weight excluding hydrogens is 356 g/mol. The molecule has 3 heteroatoms. The Labute approximate surface area is 180 Å². The molecule has 166 valence electrons. The highest BCUT2D eigenvalue weighted by Gasteiger charge is 2.07. The van der Waals surface area contributed by atoms with Crippen LogP contribution in [0, 0.1) is 0 Å². The monoisotopic (exact) mass is 402 g/mol. The second kappa shape index (κ2) is 17.4. The summed E-state index contributed by atoms with van der Waals surface area (Å²) in [6.45, 7) is 2.28. The minimum Gasteiger partial charge on any atom is -0.376 e. The van der Waals surface area contributed by atoms with E-state index in [1.807, 2.05) is 43.3 Å². The molecule has 1 rings (SSSR count). The predicted octanol–water partition coefficient (Wildman–Crippen LogP) is 7.95. The Bertz CT molecular complexity index is 527. The van der Waals surface area contributed by atoms with Crippen LogP contribution in [0.4, 0.5) is 11.4 Å². The van der Waals surface area contributed by atoms with Gasteiger partial charge in [-0.15, -0.1) is 0 Å². The van der Waals surface area contributed by atoms with E-state index < -0.39 is 0 Å². The number of unbranched alkanes of at least 4 members (excludes halogenated alkanes) is 14. The molecule has 1 N–H and O–H groups in total. The summed E-state index contributed by atoms with van der Waals surface area (Å²) in [6.07, 6.45) is 20.9. The summed E-state index contributed by atoms with van der Waals surface area (Å²) in [5, 5.41) is 3.06. The second-order valence-corrected chi connectivity index (χ2v) is 8.66. The molecular formula is C26H46N2O. The second-order valence-electron chi connectivity index (χ2n) is 8.66. The predicted molar refractivity (Wildman–Crippen MR) is 129 cm³/mol. The third-order valence-electron chi connectivity index (χ3n) is 5.67. The topological polar surface area (TPSA) is 32.3 Å². The van der Waals surface area contributed by atoms with Crippen LogP contribution in [0.1, 0.15) is 110 Å². The number of benzene rings is 1. The lowest BCUT2D eigenvalue weighted by Gasteiger charge is -2.17. The number of carbonyl (C=O) groups excluding carboxylic acids is 1. The summed E-state index contributed by atoms with van der Waals surface area (Å²) < 4.78 is 0. The van der Waals surface area contributed by atoms with Gasteiger partial charge in [-0.05, 0) is 18.6 Å². The number of amides is 1. The fourth-order valence-electron chi connectivity index (χ4n) is 3.84. The Hall–Kier alpha value is -1.51. The molecule has 0 saturated heterocycles. The van der Waals surface area contributed by atoms with Gasteiger partial charge < -0.3 is 10.2 Å². The van der Waals surface area contributed by atoms with E-state index in [-0.39, 0.29) is 5.91 Å². The van der Waals surface area contributed by atoms with E-state index in [4.69, 9.17) is 0 Å². The molecule has 0 bridgehead atoms. The van der Waals surface area contributed by atoms with Crippen molar-refractivity contribution in [2.24, 2.45) is 0 Å². The molecule has 0 aliphatic rings. The van der Waals surface area contributed by atoms with E-state index in [1.54, 1.807) is 0 Å². The number of rotatable bonds is 18. The van der Waals surface area contributed by atoms with Crippen LogP contribution in [-0.4, -0.2) is 20.0 Å². The first-order valence-corrected chi connectivity index (χ1v) is 12.2. The first kappa shape index (κ1) is 25.5. The molecule has 0 radical (unpaired) electrons. The molecule has 0 atom stereocenters. The van der Waals surface area contributed by atoms with Crippen molar-refractivity contribution in [3.63, 3.8) is 0 Å². The summed E-state index contributed by atoms with van der Waals surface area (Å²) in [5.74, 6) is 0.133. The zero-order chi connectivity index (χ0) is 21.2. The summed E-state index contributed by atoms with van der Waals surface area (Å²) in [7, 11) is 4.00. The molecule has 0 spiro atoms. The van der Waals surface area contributed by atoms with Gasteiger partial charge in [0.15, 0.2) is 0 Å². The summed E-state index contributed by atoms with van der Waals surface area (Å²) in [5.41, 5.74) is 1.96. The molecule has 1 aromatic rings. The van der Waals surface area contributed by atoms with E-state index >= 15 is 0 Å². The fraction of sp³-hybridized carbons (Fsp3) is 0.731. The number of para-hydroxylation sites is 2. The molecule has 1 amide bonds. The van der Waals surface area contributed by atoms with Crippen LogP contribution in [0.3, 0.4) is 0 Å². The molecule has 1 aromatic carbocycles. The summed E-state index contributed by atoms with van der Waals surface area (Å²) in [6, 6.07) is 7.97. The van der Waals surface area contributed by atoms with E-state index in [1.165, 1.54) is 89.9 Å². The van der Waals surface area contributed by atoms with E-state index in [2.05, 4.69) is 12.2 Å². The number of carbonyl (C=O) groups is 1. The van der Waals surface area contributed by atoms with Gasteiger partial charge in [-0.2, -0.15) is 0 Å². The van der Waals surface area contributed by atoms with E-state index in [0.717, 1.165) is 17.8 Å². The Morgan fingerprint density at radius 2 is 1.17 bits per heavy atom. The average Bonchev–Trinajstić information content (AvgIpc) is 2.71. The van der Waals surface area contributed by atoms with Crippen molar-refractivity contribution in [1.82, 2.24) is 0 Å². The highest BCUT2D eigenvalue weighted by molar-refractivity contribution is 5.94. The molecule has 3 nitrogen and oxygen atoms in total. The van der Waals surface area contributed by atoms with Crippen LogP contribution in [0.25, 0.3) is 0 Å². The SMILES string of the molecule is CCCCCCCCCCCCCCCCCC(=O)Nc1ccccc1N(C)C. The van der Waals surface area contributed by atoms with Crippen LogP contribution >= 0.6 is 0 Å². The molecule has 0 aliphatic carbocycles. The van der Waals surface area contributed by atoms with Crippen molar-refractivity contribution < 1.29 is 4.79 Å². The van der Waals surface area contributed by atoms with Crippen molar-refractivity contribution in [2.45, 2.75) is 110 Å². The van der Waals surface area contributed by atoms with Gasteiger partial charge in [-0.25, -0.2) is 0 Å².